The lowest BCUT2D eigenvalue weighted by atomic mass is 10.1. The zero-order valence-corrected chi connectivity index (χ0v) is 13.8. The van der Waals surface area contributed by atoms with E-state index >= 15 is 0 Å². The predicted molar refractivity (Wildman–Crippen MR) is 83.5 cm³/mol. The van der Waals surface area contributed by atoms with Crippen LogP contribution in [-0.4, -0.2) is 15.9 Å². The minimum atomic E-state index is -4.71. The third-order valence-corrected chi connectivity index (χ3v) is 4.86. The molecule has 0 aliphatic carbocycles. The summed E-state index contributed by atoms with van der Waals surface area (Å²) in [6, 6.07) is 2.04. The van der Waals surface area contributed by atoms with Crippen LogP contribution in [-0.2, 0) is 12.6 Å². The lowest BCUT2D eigenvalue weighted by Gasteiger charge is -2.09. The number of thiophene rings is 1. The minimum absolute atomic E-state index is 0.00706. The van der Waals surface area contributed by atoms with E-state index in [1.165, 1.54) is 6.92 Å². The summed E-state index contributed by atoms with van der Waals surface area (Å²) < 4.78 is 51.8. The Morgan fingerprint density at radius 3 is 2.62 bits per heavy atom. The molecular formula is C16H9F4N2O3S-. The van der Waals surface area contributed by atoms with Crippen LogP contribution in [0.1, 0.15) is 32.2 Å². The Kier molecular flexibility index (Phi) is 4.31. The predicted octanol–water partition coefficient (Wildman–Crippen LogP) is 2.41. The number of aromatic nitrogens is 2. The summed E-state index contributed by atoms with van der Waals surface area (Å²) in [5.74, 6) is -2.52. The molecule has 0 saturated heterocycles. The molecular weight excluding hydrogens is 376 g/mol. The third-order valence-electron chi connectivity index (χ3n) is 3.69. The number of alkyl halides is 3. The van der Waals surface area contributed by atoms with Crippen LogP contribution in [0.15, 0.2) is 23.0 Å². The van der Waals surface area contributed by atoms with Crippen molar-refractivity contribution >= 4 is 27.5 Å². The van der Waals surface area contributed by atoms with Gasteiger partial charge < -0.3 is 14.9 Å². The van der Waals surface area contributed by atoms with Crippen LogP contribution in [0.2, 0.25) is 0 Å². The molecule has 0 spiro atoms. The monoisotopic (exact) mass is 385 g/mol. The van der Waals surface area contributed by atoms with E-state index in [1.807, 2.05) is 0 Å². The van der Waals surface area contributed by atoms with Crippen molar-refractivity contribution in [1.82, 2.24) is 9.97 Å². The van der Waals surface area contributed by atoms with Gasteiger partial charge in [-0.2, -0.15) is 13.2 Å². The highest BCUT2D eigenvalue weighted by Crippen LogP contribution is 2.31. The molecule has 3 aromatic rings. The molecule has 26 heavy (non-hydrogen) atoms. The Hall–Kier alpha value is -2.75. The zero-order valence-electron chi connectivity index (χ0n) is 13.0. The maximum atomic E-state index is 13.5. The first-order chi connectivity index (χ1) is 12.1. The van der Waals surface area contributed by atoms with Gasteiger partial charge in [0.15, 0.2) is 0 Å². The zero-order chi connectivity index (χ0) is 19.2. The summed E-state index contributed by atoms with van der Waals surface area (Å²) in [7, 11) is 0. The topological polar surface area (TPSA) is 85.9 Å². The number of aromatic carboxylic acids is 1. The molecule has 1 N–H and O–H groups in total. The number of carbonyl (C=O) groups excluding carboxylic acids is 1. The number of fused-ring (bicyclic) bond motifs is 1. The van der Waals surface area contributed by atoms with Crippen LogP contribution in [0, 0.1) is 12.7 Å². The number of halogens is 4. The first kappa shape index (κ1) is 18.1. The first-order valence-electron chi connectivity index (χ1n) is 7.16. The lowest BCUT2D eigenvalue weighted by Crippen LogP contribution is -2.21. The van der Waals surface area contributed by atoms with E-state index in [4.69, 9.17) is 0 Å². The second kappa shape index (κ2) is 6.20. The van der Waals surface area contributed by atoms with Gasteiger partial charge in [-0.15, -0.1) is 11.3 Å². The number of carboxylic acid groups (broad SMARTS) is 1. The highest BCUT2D eigenvalue weighted by Gasteiger charge is 2.31. The van der Waals surface area contributed by atoms with Crippen LogP contribution >= 0.6 is 11.3 Å². The van der Waals surface area contributed by atoms with E-state index in [0.29, 0.717) is 6.07 Å². The fourth-order valence-corrected chi connectivity index (χ4v) is 3.61. The minimum Gasteiger partial charge on any atom is -0.544 e. The Balaban J connectivity index is 2.06. The van der Waals surface area contributed by atoms with Crippen molar-refractivity contribution in [3.05, 3.63) is 61.8 Å². The van der Waals surface area contributed by atoms with Gasteiger partial charge in [0.1, 0.15) is 16.5 Å². The Morgan fingerprint density at radius 1 is 1.31 bits per heavy atom. The van der Waals surface area contributed by atoms with Crippen molar-refractivity contribution in [2.45, 2.75) is 19.5 Å². The van der Waals surface area contributed by atoms with Crippen molar-refractivity contribution in [1.29, 1.82) is 0 Å². The van der Waals surface area contributed by atoms with Gasteiger partial charge in [0.25, 0.3) is 5.56 Å². The van der Waals surface area contributed by atoms with Gasteiger partial charge in [-0.1, -0.05) is 0 Å². The molecule has 0 amide bonds. The Morgan fingerprint density at radius 2 is 2.00 bits per heavy atom. The molecule has 3 rings (SSSR count). The number of benzene rings is 1. The molecule has 0 saturated carbocycles. The highest BCUT2D eigenvalue weighted by molar-refractivity contribution is 7.20. The number of aromatic amines is 1. The molecule has 2 heterocycles. The summed E-state index contributed by atoms with van der Waals surface area (Å²) in [6.07, 6.45) is -4.97. The molecule has 0 fully saturated rings. The quantitative estimate of drug-likeness (QED) is 0.702. The first-order valence-corrected chi connectivity index (χ1v) is 7.98. The van der Waals surface area contributed by atoms with Gasteiger partial charge >= 0.3 is 6.18 Å². The molecule has 0 bridgehead atoms. The number of aryl methyl sites for hydroxylation is 1. The van der Waals surface area contributed by atoms with Crippen LogP contribution in [0.3, 0.4) is 0 Å². The second-order valence-electron chi connectivity index (χ2n) is 5.56. The SMILES string of the molecule is Cc1c(C(=O)[O-])sc2nc(Cc3cc(F)cc(C(F)(F)F)c3)[nH]c(=O)c12. The van der Waals surface area contributed by atoms with Gasteiger partial charge in [-0.05, 0) is 36.2 Å². The van der Waals surface area contributed by atoms with Gasteiger partial charge in [-0.3, -0.25) is 4.79 Å². The molecule has 0 atom stereocenters. The molecule has 0 radical (unpaired) electrons. The molecule has 2 aromatic heterocycles. The van der Waals surface area contributed by atoms with Gasteiger partial charge in [0, 0.05) is 6.42 Å². The molecule has 5 nitrogen and oxygen atoms in total. The largest absolute Gasteiger partial charge is 0.544 e. The van der Waals surface area contributed by atoms with Gasteiger partial charge in [-0.25, -0.2) is 9.37 Å². The van der Waals surface area contributed by atoms with Crippen LogP contribution < -0.4 is 10.7 Å². The number of carbonyl (C=O) groups is 1. The van der Waals surface area contributed by atoms with Gasteiger partial charge in [0.2, 0.25) is 0 Å². The summed E-state index contributed by atoms with van der Waals surface area (Å²) >= 11 is 0.734. The van der Waals surface area contributed by atoms with Crippen molar-refractivity contribution in [2.75, 3.05) is 0 Å². The number of hydrogen-bond acceptors (Lipinski definition) is 5. The average molecular weight is 385 g/mol. The fourth-order valence-electron chi connectivity index (χ4n) is 2.58. The van der Waals surface area contributed by atoms with E-state index < -0.39 is 29.1 Å². The van der Waals surface area contributed by atoms with E-state index in [0.717, 1.165) is 23.5 Å². The number of H-pyrrole nitrogens is 1. The third kappa shape index (κ3) is 3.32. The number of carboxylic acids is 1. The Bertz CT molecular complexity index is 1090. The van der Waals surface area contributed by atoms with Crippen molar-refractivity contribution in [3.63, 3.8) is 0 Å². The van der Waals surface area contributed by atoms with E-state index in [2.05, 4.69) is 9.97 Å². The lowest BCUT2D eigenvalue weighted by molar-refractivity contribution is -0.254. The highest BCUT2D eigenvalue weighted by atomic mass is 32.1. The molecule has 136 valence electrons. The molecule has 0 aliphatic heterocycles. The number of rotatable bonds is 3. The molecule has 0 aliphatic rings. The smallest absolute Gasteiger partial charge is 0.416 e. The van der Waals surface area contributed by atoms with Crippen LogP contribution in [0.25, 0.3) is 10.2 Å². The van der Waals surface area contributed by atoms with E-state index in [9.17, 15) is 32.3 Å². The average Bonchev–Trinajstić information content (AvgIpc) is 2.83. The fraction of sp³-hybridized carbons (Fsp3) is 0.188. The second-order valence-corrected chi connectivity index (χ2v) is 6.56. The van der Waals surface area contributed by atoms with Crippen molar-refractivity contribution in [3.8, 4) is 0 Å². The van der Waals surface area contributed by atoms with E-state index in [-0.39, 0.29) is 38.5 Å². The number of nitrogens with zero attached hydrogens (tertiary/aromatic N) is 1. The molecule has 1 aromatic carbocycles. The summed E-state index contributed by atoms with van der Waals surface area (Å²) in [6.45, 7) is 1.43. The van der Waals surface area contributed by atoms with Crippen LogP contribution in [0.4, 0.5) is 17.6 Å². The number of hydrogen-bond donors (Lipinski definition) is 1. The molecule has 0 unspecified atom stereocenters. The summed E-state index contributed by atoms with van der Waals surface area (Å²) in [5.41, 5.74) is -1.61. The van der Waals surface area contributed by atoms with Crippen molar-refractivity contribution < 1.29 is 27.5 Å². The van der Waals surface area contributed by atoms with Crippen molar-refractivity contribution in [2.24, 2.45) is 0 Å². The number of nitrogens with one attached hydrogen (secondary N) is 1. The maximum absolute atomic E-state index is 13.5. The maximum Gasteiger partial charge on any atom is 0.416 e. The van der Waals surface area contributed by atoms with Gasteiger partial charge in [0.05, 0.1) is 21.8 Å². The Labute approximate surface area is 146 Å². The van der Waals surface area contributed by atoms with E-state index in [1.54, 1.807) is 0 Å². The summed E-state index contributed by atoms with van der Waals surface area (Å²) in [4.78, 5) is 29.7. The molecule has 10 heteroatoms. The summed E-state index contributed by atoms with van der Waals surface area (Å²) in [5, 5.41) is 11.1. The van der Waals surface area contributed by atoms with Crippen LogP contribution in [0.5, 0.6) is 0 Å². The standard InChI is InChI=1S/C16H10F4N2O3S/c1-6-11-13(23)21-10(22-14(11)26-12(6)15(24)25)4-7-2-8(16(18,19)20)5-9(17)3-7/h2-3,5H,4H2,1H3,(H,24,25)(H,21,22,23)/p-1. The normalized spacial score (nSPS) is 11.9.